The van der Waals surface area contributed by atoms with E-state index in [0.717, 1.165) is 35.1 Å². The van der Waals surface area contributed by atoms with E-state index < -0.39 is 0 Å². The number of fused-ring (bicyclic) bond motifs is 3. The van der Waals surface area contributed by atoms with Crippen molar-refractivity contribution >= 4 is 11.8 Å². The van der Waals surface area contributed by atoms with Gasteiger partial charge in [-0.3, -0.25) is 4.79 Å². The van der Waals surface area contributed by atoms with E-state index in [1.54, 1.807) is 20.3 Å². The maximum atomic E-state index is 12.6. The van der Waals surface area contributed by atoms with Gasteiger partial charge in [0, 0.05) is 11.6 Å². The molecule has 0 bridgehead atoms. The Morgan fingerprint density at radius 1 is 1.00 bits per heavy atom. The summed E-state index contributed by atoms with van der Waals surface area (Å²) in [5, 5.41) is 0. The van der Waals surface area contributed by atoms with E-state index in [0.29, 0.717) is 28.8 Å². The Morgan fingerprint density at radius 2 is 1.61 bits per heavy atom. The van der Waals surface area contributed by atoms with Crippen LogP contribution in [0.1, 0.15) is 72.1 Å². The molecule has 2 aromatic rings. The van der Waals surface area contributed by atoms with Gasteiger partial charge in [-0.15, -0.1) is 11.8 Å². The van der Waals surface area contributed by atoms with Crippen molar-refractivity contribution in [2.45, 2.75) is 72.2 Å². The molecule has 0 aliphatic heterocycles. The maximum absolute atomic E-state index is 12.6. The lowest BCUT2D eigenvalue weighted by atomic mass is 9.95. The Balaban J connectivity index is 0.00000158. The molecule has 0 spiro atoms. The number of nitrogens with two attached hydrogens (primary N) is 1. The summed E-state index contributed by atoms with van der Waals surface area (Å²) in [7, 11) is 3.22. The molecule has 3 rings (SSSR count). The van der Waals surface area contributed by atoms with Gasteiger partial charge in [0.2, 0.25) is 5.75 Å². The molecule has 2 aromatic carbocycles. The lowest BCUT2D eigenvalue weighted by Gasteiger charge is -2.19. The number of thioether (sulfide) groups is 1. The van der Waals surface area contributed by atoms with Crippen LogP contribution in [0.25, 0.3) is 11.1 Å². The summed E-state index contributed by atoms with van der Waals surface area (Å²) in [6.07, 6.45) is 3.39. The molecule has 0 saturated heterocycles. The van der Waals surface area contributed by atoms with Crippen LogP contribution in [-0.4, -0.2) is 27.1 Å². The van der Waals surface area contributed by atoms with E-state index in [1.165, 1.54) is 11.8 Å². The summed E-state index contributed by atoms with van der Waals surface area (Å²) >= 11 is 1.43. The summed E-state index contributed by atoms with van der Waals surface area (Å²) < 4.78 is 17.1. The molecule has 5 nitrogen and oxygen atoms in total. The highest BCUT2D eigenvalue weighted by molar-refractivity contribution is 7.98. The predicted octanol–water partition coefficient (Wildman–Crippen LogP) is 6.88. The fourth-order valence-electron chi connectivity index (χ4n) is 3.61. The van der Waals surface area contributed by atoms with E-state index >= 15 is 0 Å². The lowest BCUT2D eigenvalue weighted by Crippen LogP contribution is -2.12. The van der Waals surface area contributed by atoms with Gasteiger partial charge >= 0.3 is 0 Å². The molecule has 0 aromatic heterocycles. The van der Waals surface area contributed by atoms with Crippen molar-refractivity contribution in [1.29, 1.82) is 0 Å². The highest BCUT2D eigenvalue weighted by Gasteiger charge is 2.27. The monoisotopic (exact) mass is 477 g/mol. The van der Waals surface area contributed by atoms with Gasteiger partial charge in [0.25, 0.3) is 0 Å². The van der Waals surface area contributed by atoms with Crippen LogP contribution in [0.15, 0.2) is 34.0 Å². The first-order valence-corrected chi connectivity index (χ1v) is 13.2. The lowest BCUT2D eigenvalue weighted by molar-refractivity contribution is 0.296. The van der Waals surface area contributed by atoms with Gasteiger partial charge < -0.3 is 19.9 Å². The molecule has 6 heteroatoms. The number of rotatable bonds is 5. The zero-order valence-corrected chi connectivity index (χ0v) is 22.9. The van der Waals surface area contributed by atoms with Crippen molar-refractivity contribution in [2.24, 2.45) is 5.73 Å². The average molecular weight is 478 g/mol. The minimum absolute atomic E-state index is 0.0143. The van der Waals surface area contributed by atoms with Crippen molar-refractivity contribution in [3.63, 3.8) is 0 Å². The number of hydrogen-bond acceptors (Lipinski definition) is 6. The van der Waals surface area contributed by atoms with Crippen LogP contribution in [0.5, 0.6) is 17.2 Å². The zero-order valence-electron chi connectivity index (χ0n) is 22.1. The Hall–Kier alpha value is -2.18. The van der Waals surface area contributed by atoms with Crippen LogP contribution in [0, 0.1) is 0 Å². The smallest absolute Gasteiger partial charge is 0.203 e. The first-order chi connectivity index (χ1) is 16.0. The molecule has 0 amide bonds. The van der Waals surface area contributed by atoms with E-state index in [2.05, 4.69) is 0 Å². The Kier molecular flexibility index (Phi) is 15.3. The molecule has 2 N–H and O–H groups in total. The first-order valence-electron chi connectivity index (χ1n) is 11.9. The van der Waals surface area contributed by atoms with E-state index in [4.69, 9.17) is 19.9 Å². The van der Waals surface area contributed by atoms with Crippen molar-refractivity contribution in [3.05, 3.63) is 45.6 Å². The molecule has 186 valence electrons. The topological polar surface area (TPSA) is 70.8 Å². The van der Waals surface area contributed by atoms with Crippen molar-refractivity contribution in [3.8, 4) is 28.4 Å². The number of ether oxygens (including phenoxy) is 3. The van der Waals surface area contributed by atoms with Crippen LogP contribution in [0.3, 0.4) is 0 Å². The van der Waals surface area contributed by atoms with Gasteiger partial charge in [-0.1, -0.05) is 47.6 Å². The zero-order chi connectivity index (χ0) is 25.6. The third kappa shape index (κ3) is 7.15. The number of benzene rings is 1. The number of hydrogen-bond donors (Lipinski definition) is 1. The molecule has 1 aliphatic rings. The maximum Gasteiger partial charge on any atom is 0.203 e. The highest BCUT2D eigenvalue weighted by atomic mass is 32.2. The minimum atomic E-state index is -0.228. The van der Waals surface area contributed by atoms with Crippen molar-refractivity contribution in [1.82, 2.24) is 0 Å². The van der Waals surface area contributed by atoms with Crippen molar-refractivity contribution < 1.29 is 14.2 Å². The summed E-state index contributed by atoms with van der Waals surface area (Å²) in [6, 6.07) is 7.27. The van der Waals surface area contributed by atoms with Gasteiger partial charge in [-0.2, -0.15) is 0 Å². The fraction of sp³-hybridized carbons (Fsp3) is 0.519. The SMILES string of the molecule is CC.CC.CC.CCOc1cc2c(c(OC)c1OC)-c1ccc(SC)c(=O)cc1C(N)CC2. The molecule has 1 aliphatic carbocycles. The second-order valence-electron chi connectivity index (χ2n) is 6.33. The molecule has 0 saturated carbocycles. The summed E-state index contributed by atoms with van der Waals surface area (Å²) in [5.41, 5.74) is 10.2. The van der Waals surface area contributed by atoms with E-state index in [1.807, 2.05) is 72.9 Å². The fourth-order valence-corrected chi connectivity index (χ4v) is 4.07. The third-order valence-corrected chi connectivity index (χ3v) is 5.62. The molecule has 0 fully saturated rings. The van der Waals surface area contributed by atoms with Crippen LogP contribution < -0.4 is 25.4 Å². The Bertz CT molecular complexity index is 915. The predicted molar refractivity (Wildman–Crippen MR) is 143 cm³/mol. The molecular formula is C27H43NO4S. The largest absolute Gasteiger partial charge is 0.492 e. The first kappa shape index (κ1) is 30.8. The van der Waals surface area contributed by atoms with Crippen LogP contribution in [-0.2, 0) is 6.42 Å². The third-order valence-electron chi connectivity index (χ3n) is 4.85. The molecule has 33 heavy (non-hydrogen) atoms. The molecular weight excluding hydrogens is 434 g/mol. The number of aryl methyl sites for hydroxylation is 1. The van der Waals surface area contributed by atoms with Gasteiger partial charge in [0.1, 0.15) is 0 Å². The second-order valence-corrected chi connectivity index (χ2v) is 7.18. The number of methoxy groups -OCH3 is 2. The van der Waals surface area contributed by atoms with Gasteiger partial charge in [-0.25, -0.2) is 0 Å². The Labute approximate surface area is 205 Å². The second kappa shape index (κ2) is 16.4. The minimum Gasteiger partial charge on any atom is -0.492 e. The van der Waals surface area contributed by atoms with Crippen LogP contribution in [0.2, 0.25) is 0 Å². The van der Waals surface area contributed by atoms with Gasteiger partial charge in [-0.05, 0) is 60.9 Å². The quantitative estimate of drug-likeness (QED) is 0.474. The van der Waals surface area contributed by atoms with E-state index in [9.17, 15) is 4.79 Å². The average Bonchev–Trinajstić information content (AvgIpc) is 3.11. The van der Waals surface area contributed by atoms with Gasteiger partial charge in [0.05, 0.1) is 25.7 Å². The summed E-state index contributed by atoms with van der Waals surface area (Å²) in [4.78, 5) is 13.2. The summed E-state index contributed by atoms with van der Waals surface area (Å²) in [6.45, 7) is 14.5. The van der Waals surface area contributed by atoms with E-state index in [-0.39, 0.29) is 11.5 Å². The highest BCUT2D eigenvalue weighted by Crippen LogP contribution is 2.50. The van der Waals surface area contributed by atoms with Crippen LogP contribution >= 0.6 is 11.8 Å². The molecule has 1 unspecified atom stereocenters. The molecule has 0 radical (unpaired) electrons. The van der Waals surface area contributed by atoms with Crippen molar-refractivity contribution in [2.75, 3.05) is 27.1 Å². The molecule has 1 atom stereocenters. The summed E-state index contributed by atoms with van der Waals surface area (Å²) in [5.74, 6) is 1.82. The normalized spacial score (nSPS) is 13.1. The Morgan fingerprint density at radius 3 is 2.12 bits per heavy atom. The van der Waals surface area contributed by atoms with Gasteiger partial charge in [0.15, 0.2) is 16.9 Å². The van der Waals surface area contributed by atoms with Crippen LogP contribution in [0.4, 0.5) is 0 Å². The molecule has 0 heterocycles. The standard InChI is InChI=1S/C21H25NO4S.3C2H6/c1-5-26-17-10-12-6-8-15(22)14-11-16(23)18(27-4)9-7-13(14)19(12)21(25-3)20(17)24-2;3*1-2/h7,9-11,15H,5-6,8,22H2,1-4H3;3*1-2H3.